The molecule has 0 aliphatic carbocycles. The molecule has 12 heteroatoms. The Morgan fingerprint density at radius 1 is 1.23 bits per heavy atom. The summed E-state index contributed by atoms with van der Waals surface area (Å²) in [7, 11) is -3.87. The van der Waals surface area contributed by atoms with Gasteiger partial charge in [0.05, 0.1) is 28.2 Å². The molecule has 7 nitrogen and oxygen atoms in total. The average molecular weight is 466 g/mol. The Kier molecular flexibility index (Phi) is 8.81. The van der Waals surface area contributed by atoms with Gasteiger partial charge in [-0.15, -0.1) is 11.8 Å². The highest BCUT2D eigenvalue weighted by Crippen LogP contribution is 2.31. The fraction of sp³-hybridized carbons (Fsp3) is 0.556. The van der Waals surface area contributed by atoms with E-state index in [0.717, 1.165) is 49.6 Å². The Bertz CT molecular complexity index is 878. The van der Waals surface area contributed by atoms with Crippen molar-refractivity contribution in [2.75, 3.05) is 36.5 Å². The van der Waals surface area contributed by atoms with Crippen LogP contribution in [0.5, 0.6) is 5.75 Å². The van der Waals surface area contributed by atoms with Gasteiger partial charge in [0.25, 0.3) is 0 Å². The summed E-state index contributed by atoms with van der Waals surface area (Å²) in [6, 6.07) is 5.24. The van der Waals surface area contributed by atoms with E-state index in [1.54, 1.807) is 0 Å². The number of sulfonamides is 1. The van der Waals surface area contributed by atoms with E-state index in [0.29, 0.717) is 13.1 Å². The predicted molar refractivity (Wildman–Crippen MR) is 107 cm³/mol. The maximum atomic E-state index is 13.0. The molecule has 1 saturated heterocycles. The van der Waals surface area contributed by atoms with E-state index in [9.17, 15) is 26.4 Å². The molecule has 0 atom stereocenters. The summed E-state index contributed by atoms with van der Waals surface area (Å²) in [6.07, 6.45) is -1.28. The minimum atomic E-state index is -4.60. The number of nitriles is 1. The molecule has 0 radical (unpaired) electrons. The van der Waals surface area contributed by atoms with E-state index in [4.69, 9.17) is 10.00 Å². The summed E-state index contributed by atoms with van der Waals surface area (Å²) in [5.74, 6) is -0.930. The molecule has 30 heavy (non-hydrogen) atoms. The minimum absolute atomic E-state index is 0.0637. The van der Waals surface area contributed by atoms with Gasteiger partial charge >= 0.3 is 6.18 Å². The number of nitrogens with zero attached hydrogens (tertiary/aromatic N) is 2. The lowest BCUT2D eigenvalue weighted by atomic mass is 10.2. The second-order valence-electron chi connectivity index (χ2n) is 6.58. The number of hydrogen-bond acceptors (Lipinski definition) is 6. The molecule has 2 rings (SSSR count). The number of alkyl halides is 3. The Hall–Kier alpha value is -1.97. The normalized spacial score (nSPS) is 15.8. The van der Waals surface area contributed by atoms with Crippen LogP contribution in [-0.2, 0) is 14.8 Å². The molecule has 1 aliphatic rings. The van der Waals surface area contributed by atoms with E-state index in [1.165, 1.54) is 10.4 Å². The predicted octanol–water partition coefficient (Wildman–Crippen LogP) is 3.39. The molecule has 0 unspecified atom stereocenters. The van der Waals surface area contributed by atoms with Gasteiger partial charge in [0.1, 0.15) is 5.75 Å². The summed E-state index contributed by atoms with van der Waals surface area (Å²) >= 11 is 1.02. The van der Waals surface area contributed by atoms with Gasteiger partial charge in [-0.2, -0.15) is 22.7 Å². The Labute approximate surface area is 177 Å². The summed E-state index contributed by atoms with van der Waals surface area (Å²) in [6.45, 7) is -0.862. The molecule has 0 bridgehead atoms. The number of ether oxygens (including phenoxy) is 1. The van der Waals surface area contributed by atoms with E-state index >= 15 is 0 Å². The maximum Gasteiger partial charge on any atom is 0.422 e. The summed E-state index contributed by atoms with van der Waals surface area (Å²) in [5.41, 5.74) is -0.169. The van der Waals surface area contributed by atoms with Crippen LogP contribution in [0.1, 0.15) is 25.7 Å². The number of thioether (sulfide) groups is 1. The van der Waals surface area contributed by atoms with Crippen LogP contribution < -0.4 is 10.1 Å². The number of anilines is 1. The number of carbonyl (C=O) groups excluding carboxylic acids is 1. The second-order valence-corrected chi connectivity index (χ2v) is 9.50. The molecule has 1 aromatic rings. The monoisotopic (exact) mass is 465 g/mol. The number of amides is 1. The molecule has 1 heterocycles. The molecule has 0 spiro atoms. The standard InChI is InChI=1S/C18H22F3N3O4S2/c19-18(20,21)13-28-16-6-5-14(11-15(16)23-17(25)12-29-10-7-22)30(26,27)24-8-3-1-2-4-9-24/h5-6,11H,1-4,8-10,12-13H2,(H,23,25). The highest BCUT2D eigenvalue weighted by molar-refractivity contribution is 8.00. The molecule has 0 aromatic heterocycles. The molecule has 1 N–H and O–H groups in total. The van der Waals surface area contributed by atoms with Gasteiger partial charge in [0.2, 0.25) is 15.9 Å². The van der Waals surface area contributed by atoms with E-state index < -0.39 is 28.7 Å². The Morgan fingerprint density at radius 3 is 2.50 bits per heavy atom. The zero-order valence-electron chi connectivity index (χ0n) is 16.1. The van der Waals surface area contributed by atoms with Crippen LogP contribution in [0.2, 0.25) is 0 Å². The smallest absolute Gasteiger partial charge is 0.422 e. The third-order valence-electron chi connectivity index (χ3n) is 4.22. The number of benzene rings is 1. The van der Waals surface area contributed by atoms with Crippen LogP contribution in [0.4, 0.5) is 18.9 Å². The minimum Gasteiger partial charge on any atom is -0.482 e. The molecule has 166 valence electrons. The number of halogens is 3. The van der Waals surface area contributed by atoms with Crippen LogP contribution >= 0.6 is 11.8 Å². The fourth-order valence-electron chi connectivity index (χ4n) is 2.86. The third kappa shape index (κ3) is 7.37. The van der Waals surface area contributed by atoms with E-state index in [-0.39, 0.29) is 27.8 Å². The number of carbonyl (C=O) groups is 1. The number of nitrogens with one attached hydrogen (secondary N) is 1. The van der Waals surface area contributed by atoms with Gasteiger partial charge < -0.3 is 10.1 Å². The van der Waals surface area contributed by atoms with Gasteiger partial charge in [-0.25, -0.2) is 8.42 Å². The molecule has 1 amide bonds. The van der Waals surface area contributed by atoms with Crippen LogP contribution in [0.25, 0.3) is 0 Å². The van der Waals surface area contributed by atoms with E-state index in [1.807, 2.05) is 6.07 Å². The van der Waals surface area contributed by atoms with E-state index in [2.05, 4.69) is 5.32 Å². The summed E-state index contributed by atoms with van der Waals surface area (Å²) in [5, 5.41) is 10.9. The first kappa shape index (κ1) is 24.3. The quantitative estimate of drug-likeness (QED) is 0.591. The molecule has 1 aromatic carbocycles. The van der Waals surface area contributed by atoms with Crippen LogP contribution in [0, 0.1) is 11.3 Å². The van der Waals surface area contributed by atoms with Crippen molar-refractivity contribution in [1.82, 2.24) is 4.31 Å². The van der Waals surface area contributed by atoms with Crippen molar-refractivity contribution in [2.24, 2.45) is 0 Å². The molecule has 0 saturated carbocycles. The van der Waals surface area contributed by atoms with Crippen LogP contribution in [0.15, 0.2) is 23.1 Å². The first-order valence-electron chi connectivity index (χ1n) is 9.22. The lowest BCUT2D eigenvalue weighted by molar-refractivity contribution is -0.153. The maximum absolute atomic E-state index is 13.0. The molecule has 1 fully saturated rings. The van der Waals surface area contributed by atoms with Gasteiger partial charge in [-0.1, -0.05) is 12.8 Å². The van der Waals surface area contributed by atoms with Crippen molar-refractivity contribution < 1.29 is 31.1 Å². The van der Waals surface area contributed by atoms with Crippen LogP contribution in [-0.4, -0.2) is 56.0 Å². The molecular formula is C18H22F3N3O4S2. The lowest BCUT2D eigenvalue weighted by Crippen LogP contribution is -2.32. The van der Waals surface area contributed by atoms with Crippen molar-refractivity contribution in [2.45, 2.75) is 36.8 Å². The first-order valence-corrected chi connectivity index (χ1v) is 11.8. The Balaban J connectivity index is 2.29. The van der Waals surface area contributed by atoms with Gasteiger partial charge in [0.15, 0.2) is 6.61 Å². The zero-order chi connectivity index (χ0) is 22.2. The van der Waals surface area contributed by atoms with Gasteiger partial charge in [-0.05, 0) is 31.0 Å². The second kappa shape index (κ2) is 10.9. The zero-order valence-corrected chi connectivity index (χ0v) is 17.7. The average Bonchev–Trinajstić information content (AvgIpc) is 2.96. The van der Waals surface area contributed by atoms with Crippen molar-refractivity contribution in [3.63, 3.8) is 0 Å². The van der Waals surface area contributed by atoms with Crippen LogP contribution in [0.3, 0.4) is 0 Å². The van der Waals surface area contributed by atoms with Gasteiger partial charge in [0, 0.05) is 13.1 Å². The van der Waals surface area contributed by atoms with Crippen molar-refractivity contribution in [3.8, 4) is 11.8 Å². The SMILES string of the molecule is N#CCSCC(=O)Nc1cc(S(=O)(=O)N2CCCCCC2)ccc1OCC(F)(F)F. The van der Waals surface area contributed by atoms with Crippen molar-refractivity contribution >= 4 is 33.4 Å². The van der Waals surface area contributed by atoms with Crippen molar-refractivity contribution in [3.05, 3.63) is 18.2 Å². The van der Waals surface area contributed by atoms with Crippen molar-refractivity contribution in [1.29, 1.82) is 5.26 Å². The summed E-state index contributed by atoms with van der Waals surface area (Å²) < 4.78 is 69.7. The third-order valence-corrected chi connectivity index (χ3v) is 6.91. The molecular weight excluding hydrogens is 443 g/mol. The lowest BCUT2D eigenvalue weighted by Gasteiger charge is -2.21. The highest BCUT2D eigenvalue weighted by atomic mass is 32.2. The largest absolute Gasteiger partial charge is 0.482 e. The fourth-order valence-corrected chi connectivity index (χ4v) is 4.85. The topological polar surface area (TPSA) is 99.5 Å². The summed E-state index contributed by atoms with van der Waals surface area (Å²) in [4.78, 5) is 11.9. The van der Waals surface area contributed by atoms with Gasteiger partial charge in [-0.3, -0.25) is 4.79 Å². The Morgan fingerprint density at radius 2 is 1.90 bits per heavy atom. The highest BCUT2D eigenvalue weighted by Gasteiger charge is 2.30. The number of rotatable bonds is 8. The number of hydrogen-bond donors (Lipinski definition) is 1. The molecule has 1 aliphatic heterocycles. The first-order chi connectivity index (χ1) is 14.1.